The SMILES string of the molecule is CC1(C)OC[C@H](Cn2ccc3c(Br)c(F)ccc32)O1. The molecule has 3 nitrogen and oxygen atoms in total. The van der Waals surface area contributed by atoms with E-state index in [2.05, 4.69) is 20.5 Å². The molecular weight excluding hydrogens is 313 g/mol. The van der Waals surface area contributed by atoms with Gasteiger partial charge < -0.3 is 14.0 Å². The van der Waals surface area contributed by atoms with Crippen LogP contribution in [-0.2, 0) is 16.0 Å². The first-order chi connectivity index (χ1) is 8.96. The van der Waals surface area contributed by atoms with Crippen LogP contribution in [0.25, 0.3) is 10.9 Å². The Labute approximate surface area is 119 Å². The van der Waals surface area contributed by atoms with E-state index in [1.165, 1.54) is 6.07 Å². The second kappa shape index (κ2) is 4.58. The quantitative estimate of drug-likeness (QED) is 0.839. The molecule has 1 aromatic heterocycles. The van der Waals surface area contributed by atoms with Gasteiger partial charge in [-0.05, 0) is 48.0 Å². The first-order valence-electron chi connectivity index (χ1n) is 6.21. The van der Waals surface area contributed by atoms with Crippen molar-refractivity contribution in [3.05, 3.63) is 34.7 Å². The van der Waals surface area contributed by atoms with Crippen LogP contribution in [0.15, 0.2) is 28.9 Å². The van der Waals surface area contributed by atoms with Crippen LogP contribution in [0.2, 0.25) is 0 Å². The Morgan fingerprint density at radius 2 is 2.21 bits per heavy atom. The zero-order valence-corrected chi connectivity index (χ0v) is 12.4. The Hall–Kier alpha value is -0.910. The number of hydrogen-bond acceptors (Lipinski definition) is 2. The van der Waals surface area contributed by atoms with Gasteiger partial charge in [-0.15, -0.1) is 0 Å². The van der Waals surface area contributed by atoms with Gasteiger partial charge in [0.05, 0.1) is 17.6 Å². The maximum Gasteiger partial charge on any atom is 0.163 e. The van der Waals surface area contributed by atoms with Crippen LogP contribution in [0.1, 0.15) is 13.8 Å². The summed E-state index contributed by atoms with van der Waals surface area (Å²) in [6.45, 7) is 5.10. The number of benzene rings is 1. The van der Waals surface area contributed by atoms with Crippen molar-refractivity contribution < 1.29 is 13.9 Å². The van der Waals surface area contributed by atoms with Crippen molar-refractivity contribution in [1.29, 1.82) is 0 Å². The minimum Gasteiger partial charge on any atom is -0.348 e. The maximum atomic E-state index is 13.5. The van der Waals surface area contributed by atoms with Crippen molar-refractivity contribution in [2.75, 3.05) is 6.61 Å². The highest BCUT2D eigenvalue weighted by molar-refractivity contribution is 9.10. The van der Waals surface area contributed by atoms with E-state index in [-0.39, 0.29) is 11.9 Å². The summed E-state index contributed by atoms with van der Waals surface area (Å²) in [5.74, 6) is -0.757. The van der Waals surface area contributed by atoms with E-state index in [1.807, 2.05) is 26.1 Å². The average molecular weight is 328 g/mol. The summed E-state index contributed by atoms with van der Waals surface area (Å²) >= 11 is 3.28. The zero-order chi connectivity index (χ0) is 13.6. The molecule has 0 radical (unpaired) electrons. The number of nitrogens with zero attached hydrogens (tertiary/aromatic N) is 1. The van der Waals surface area contributed by atoms with Gasteiger partial charge in [0.25, 0.3) is 0 Å². The van der Waals surface area contributed by atoms with E-state index in [0.29, 0.717) is 17.6 Å². The molecule has 2 aromatic rings. The Morgan fingerprint density at radius 3 is 2.89 bits per heavy atom. The molecular formula is C14H15BrFNO2. The van der Waals surface area contributed by atoms with Gasteiger partial charge in [0.1, 0.15) is 11.9 Å². The van der Waals surface area contributed by atoms with Gasteiger partial charge >= 0.3 is 0 Å². The van der Waals surface area contributed by atoms with Crippen LogP contribution in [0, 0.1) is 5.82 Å². The summed E-state index contributed by atoms with van der Waals surface area (Å²) in [7, 11) is 0. The van der Waals surface area contributed by atoms with Crippen molar-refractivity contribution in [2.45, 2.75) is 32.3 Å². The summed E-state index contributed by atoms with van der Waals surface area (Å²) in [6, 6.07) is 5.17. The number of halogens is 2. The highest BCUT2D eigenvalue weighted by atomic mass is 79.9. The molecule has 3 rings (SSSR count). The van der Waals surface area contributed by atoms with Crippen LogP contribution in [0.3, 0.4) is 0 Å². The second-order valence-electron chi connectivity index (χ2n) is 5.21. The third-order valence-electron chi connectivity index (χ3n) is 3.31. The Kier molecular flexibility index (Phi) is 3.15. The van der Waals surface area contributed by atoms with Gasteiger partial charge in [0.2, 0.25) is 0 Å². The van der Waals surface area contributed by atoms with Crippen molar-refractivity contribution in [2.24, 2.45) is 0 Å². The lowest BCUT2D eigenvalue weighted by molar-refractivity contribution is -0.139. The highest BCUT2D eigenvalue weighted by Gasteiger charge is 2.32. The predicted octanol–water partition coefficient (Wildman–Crippen LogP) is 3.69. The minimum absolute atomic E-state index is 0.0226. The van der Waals surface area contributed by atoms with Gasteiger partial charge in [0, 0.05) is 17.1 Å². The highest BCUT2D eigenvalue weighted by Crippen LogP contribution is 2.29. The Bertz CT molecular complexity index is 623. The van der Waals surface area contributed by atoms with Gasteiger partial charge in [-0.1, -0.05) is 0 Å². The topological polar surface area (TPSA) is 23.4 Å². The monoisotopic (exact) mass is 327 g/mol. The fourth-order valence-electron chi connectivity index (χ4n) is 2.44. The lowest BCUT2D eigenvalue weighted by atomic mass is 10.2. The fraction of sp³-hybridized carbons (Fsp3) is 0.429. The van der Waals surface area contributed by atoms with Gasteiger partial charge in [0.15, 0.2) is 5.79 Å². The Morgan fingerprint density at radius 1 is 1.42 bits per heavy atom. The van der Waals surface area contributed by atoms with Crippen LogP contribution >= 0.6 is 15.9 Å². The standard InChI is InChI=1S/C14H15BrFNO2/c1-14(2)18-8-9(19-14)7-17-6-5-10-12(17)4-3-11(16)13(10)15/h3-6,9H,7-8H2,1-2H3/t9-/m0/s1. The molecule has 1 aliphatic rings. The summed E-state index contributed by atoms with van der Waals surface area (Å²) in [5, 5.41) is 0.873. The lowest BCUT2D eigenvalue weighted by Crippen LogP contribution is -2.23. The van der Waals surface area contributed by atoms with E-state index in [4.69, 9.17) is 9.47 Å². The smallest absolute Gasteiger partial charge is 0.163 e. The number of ether oxygens (including phenoxy) is 2. The predicted molar refractivity (Wildman–Crippen MR) is 74.5 cm³/mol. The van der Waals surface area contributed by atoms with Crippen molar-refractivity contribution >= 4 is 26.8 Å². The molecule has 0 aliphatic carbocycles. The molecule has 1 aliphatic heterocycles. The molecule has 0 saturated carbocycles. The summed E-state index contributed by atoms with van der Waals surface area (Å²) in [4.78, 5) is 0. The zero-order valence-electron chi connectivity index (χ0n) is 10.8. The third-order valence-corrected chi connectivity index (χ3v) is 4.11. The number of hydrogen-bond donors (Lipinski definition) is 0. The number of fused-ring (bicyclic) bond motifs is 1. The van der Waals surface area contributed by atoms with E-state index >= 15 is 0 Å². The lowest BCUT2D eigenvalue weighted by Gasteiger charge is -2.17. The first-order valence-corrected chi connectivity index (χ1v) is 7.00. The average Bonchev–Trinajstić information content (AvgIpc) is 2.89. The van der Waals surface area contributed by atoms with Crippen molar-refractivity contribution in [3.63, 3.8) is 0 Å². The van der Waals surface area contributed by atoms with Crippen LogP contribution in [-0.4, -0.2) is 23.1 Å². The maximum absolute atomic E-state index is 13.5. The molecule has 1 aromatic carbocycles. The van der Waals surface area contributed by atoms with Gasteiger partial charge in [-0.2, -0.15) is 0 Å². The van der Waals surface area contributed by atoms with Gasteiger partial charge in [-0.25, -0.2) is 4.39 Å². The molecule has 102 valence electrons. The van der Waals surface area contributed by atoms with Gasteiger partial charge in [-0.3, -0.25) is 0 Å². The van der Waals surface area contributed by atoms with Crippen LogP contribution in [0.4, 0.5) is 4.39 Å². The molecule has 19 heavy (non-hydrogen) atoms. The molecule has 1 fully saturated rings. The number of aromatic nitrogens is 1. The normalized spacial score (nSPS) is 22.2. The van der Waals surface area contributed by atoms with Crippen molar-refractivity contribution in [1.82, 2.24) is 4.57 Å². The molecule has 0 amide bonds. The molecule has 0 unspecified atom stereocenters. The number of rotatable bonds is 2. The summed E-state index contributed by atoms with van der Waals surface area (Å²) in [6.07, 6.45) is 1.97. The summed E-state index contributed by atoms with van der Waals surface area (Å²) in [5.41, 5.74) is 0.988. The molecule has 0 spiro atoms. The van der Waals surface area contributed by atoms with E-state index in [9.17, 15) is 4.39 Å². The molecule has 0 bridgehead atoms. The van der Waals surface area contributed by atoms with E-state index in [1.54, 1.807) is 6.07 Å². The van der Waals surface area contributed by atoms with Crippen LogP contribution in [0.5, 0.6) is 0 Å². The fourth-order valence-corrected chi connectivity index (χ4v) is 2.91. The van der Waals surface area contributed by atoms with Crippen molar-refractivity contribution in [3.8, 4) is 0 Å². The van der Waals surface area contributed by atoms with Crippen LogP contribution < -0.4 is 0 Å². The molecule has 1 atom stereocenters. The molecule has 0 N–H and O–H groups in total. The Balaban J connectivity index is 1.88. The second-order valence-corrected chi connectivity index (χ2v) is 6.01. The molecule has 2 heterocycles. The largest absolute Gasteiger partial charge is 0.348 e. The van der Waals surface area contributed by atoms with E-state index < -0.39 is 5.79 Å². The molecule has 1 saturated heterocycles. The molecule has 5 heteroatoms. The minimum atomic E-state index is -0.514. The third kappa shape index (κ3) is 2.42. The van der Waals surface area contributed by atoms with E-state index in [0.717, 1.165) is 10.9 Å². The summed E-state index contributed by atoms with van der Waals surface area (Å²) < 4.78 is 27.4. The first kappa shape index (κ1) is 13.1.